The van der Waals surface area contributed by atoms with Crippen LogP contribution >= 0.6 is 0 Å². The molecule has 2 heterocycles. The molecule has 4 heteroatoms. The fourth-order valence-electron chi connectivity index (χ4n) is 3.44. The van der Waals surface area contributed by atoms with Gasteiger partial charge in [0, 0.05) is 31.7 Å². The first-order valence-electron chi connectivity index (χ1n) is 8.75. The SMILES string of the molecule is Cc1ccc(C(C)(O)CNC2CC(C)N(Cc3ccccc3)C2)o1. The highest BCUT2D eigenvalue weighted by Gasteiger charge is 2.32. The maximum absolute atomic E-state index is 10.7. The van der Waals surface area contributed by atoms with Crippen molar-refractivity contribution in [3.8, 4) is 0 Å². The predicted octanol–water partition coefficient (Wildman–Crippen LogP) is 3.05. The van der Waals surface area contributed by atoms with Crippen LogP contribution in [0.15, 0.2) is 46.9 Å². The van der Waals surface area contributed by atoms with Crippen LogP contribution in [-0.2, 0) is 12.1 Å². The molecular formula is C20H28N2O2. The van der Waals surface area contributed by atoms with E-state index < -0.39 is 5.60 Å². The molecule has 0 spiro atoms. The molecule has 1 saturated heterocycles. The summed E-state index contributed by atoms with van der Waals surface area (Å²) in [5, 5.41) is 14.2. The summed E-state index contributed by atoms with van der Waals surface area (Å²) >= 11 is 0. The van der Waals surface area contributed by atoms with Crippen LogP contribution in [0.5, 0.6) is 0 Å². The average molecular weight is 328 g/mol. The second kappa shape index (κ2) is 7.09. The standard InChI is InChI=1S/C20H28N2O2/c1-15-11-18(13-22(15)12-17-7-5-4-6-8-17)21-14-20(3,23)19-10-9-16(2)24-19/h4-10,15,18,21,23H,11-14H2,1-3H3. The molecule has 2 N–H and O–H groups in total. The van der Waals surface area contributed by atoms with Gasteiger partial charge < -0.3 is 14.8 Å². The molecule has 3 rings (SSSR count). The highest BCUT2D eigenvalue weighted by Crippen LogP contribution is 2.24. The zero-order valence-electron chi connectivity index (χ0n) is 14.8. The molecule has 0 saturated carbocycles. The molecule has 1 aromatic heterocycles. The van der Waals surface area contributed by atoms with Crippen LogP contribution in [0.4, 0.5) is 0 Å². The molecule has 1 aromatic carbocycles. The van der Waals surface area contributed by atoms with Crippen molar-refractivity contribution in [3.63, 3.8) is 0 Å². The van der Waals surface area contributed by atoms with Gasteiger partial charge in [-0.3, -0.25) is 4.90 Å². The highest BCUT2D eigenvalue weighted by atomic mass is 16.4. The lowest BCUT2D eigenvalue weighted by atomic mass is 10.0. The van der Waals surface area contributed by atoms with Gasteiger partial charge in [0.1, 0.15) is 17.1 Å². The smallest absolute Gasteiger partial charge is 0.136 e. The fourth-order valence-corrected chi connectivity index (χ4v) is 3.44. The topological polar surface area (TPSA) is 48.6 Å². The van der Waals surface area contributed by atoms with Gasteiger partial charge in [-0.1, -0.05) is 30.3 Å². The van der Waals surface area contributed by atoms with E-state index in [1.54, 1.807) is 6.92 Å². The Morgan fingerprint density at radius 3 is 2.67 bits per heavy atom. The van der Waals surface area contributed by atoms with Crippen molar-refractivity contribution in [3.05, 3.63) is 59.5 Å². The Bertz CT molecular complexity index is 651. The van der Waals surface area contributed by atoms with Crippen molar-refractivity contribution in [2.45, 2.75) is 51.4 Å². The first-order chi connectivity index (χ1) is 11.4. The summed E-state index contributed by atoms with van der Waals surface area (Å²) in [5.41, 5.74) is 0.368. The minimum absolute atomic E-state index is 0.395. The molecule has 2 aromatic rings. The molecule has 1 aliphatic heterocycles. The molecule has 3 unspecified atom stereocenters. The van der Waals surface area contributed by atoms with E-state index in [1.165, 1.54) is 5.56 Å². The van der Waals surface area contributed by atoms with Crippen LogP contribution in [-0.4, -0.2) is 35.2 Å². The Labute approximate surface area is 144 Å². The summed E-state index contributed by atoms with van der Waals surface area (Å²) in [4.78, 5) is 2.50. The summed E-state index contributed by atoms with van der Waals surface area (Å²) in [6.07, 6.45) is 1.10. The van der Waals surface area contributed by atoms with E-state index in [0.29, 0.717) is 24.4 Å². The number of aryl methyl sites for hydroxylation is 1. The molecule has 0 amide bonds. The predicted molar refractivity (Wildman–Crippen MR) is 95.7 cm³/mol. The van der Waals surface area contributed by atoms with Crippen LogP contribution in [0.25, 0.3) is 0 Å². The number of nitrogens with one attached hydrogen (secondary N) is 1. The van der Waals surface area contributed by atoms with E-state index in [4.69, 9.17) is 4.42 Å². The van der Waals surface area contributed by atoms with E-state index in [1.807, 2.05) is 19.1 Å². The van der Waals surface area contributed by atoms with Crippen molar-refractivity contribution >= 4 is 0 Å². The Morgan fingerprint density at radius 1 is 1.25 bits per heavy atom. The van der Waals surface area contributed by atoms with E-state index in [9.17, 15) is 5.11 Å². The Balaban J connectivity index is 1.53. The van der Waals surface area contributed by atoms with Gasteiger partial charge in [-0.15, -0.1) is 0 Å². The second-order valence-corrected chi connectivity index (χ2v) is 7.26. The summed E-state index contributed by atoms with van der Waals surface area (Å²) in [6.45, 7) is 8.46. The van der Waals surface area contributed by atoms with Gasteiger partial charge in [-0.05, 0) is 44.9 Å². The van der Waals surface area contributed by atoms with Crippen molar-refractivity contribution in [1.82, 2.24) is 10.2 Å². The van der Waals surface area contributed by atoms with Gasteiger partial charge >= 0.3 is 0 Å². The van der Waals surface area contributed by atoms with Gasteiger partial charge in [0.15, 0.2) is 0 Å². The number of likely N-dealkylation sites (tertiary alicyclic amines) is 1. The lowest BCUT2D eigenvalue weighted by molar-refractivity contribution is 0.0310. The molecule has 0 bridgehead atoms. The van der Waals surface area contributed by atoms with Crippen molar-refractivity contribution in [2.24, 2.45) is 0 Å². The minimum atomic E-state index is -0.982. The molecule has 3 atom stereocenters. The maximum atomic E-state index is 10.7. The van der Waals surface area contributed by atoms with Gasteiger partial charge in [-0.25, -0.2) is 0 Å². The summed E-state index contributed by atoms with van der Waals surface area (Å²) < 4.78 is 5.58. The van der Waals surface area contributed by atoms with E-state index in [0.717, 1.165) is 25.3 Å². The van der Waals surface area contributed by atoms with Gasteiger partial charge in [0.2, 0.25) is 0 Å². The highest BCUT2D eigenvalue weighted by molar-refractivity contribution is 5.15. The average Bonchev–Trinajstić information content (AvgIpc) is 3.14. The summed E-state index contributed by atoms with van der Waals surface area (Å²) in [7, 11) is 0. The van der Waals surface area contributed by atoms with Crippen molar-refractivity contribution in [1.29, 1.82) is 0 Å². The number of aliphatic hydroxyl groups is 1. The molecule has 0 aliphatic carbocycles. The van der Waals surface area contributed by atoms with Crippen molar-refractivity contribution < 1.29 is 9.52 Å². The normalized spacial score (nSPS) is 24.2. The van der Waals surface area contributed by atoms with Crippen LogP contribution in [0, 0.1) is 6.92 Å². The third-order valence-electron chi connectivity index (χ3n) is 4.94. The minimum Gasteiger partial charge on any atom is -0.463 e. The molecular weight excluding hydrogens is 300 g/mol. The number of rotatable bonds is 6. The lowest BCUT2D eigenvalue weighted by Crippen LogP contribution is -2.41. The molecule has 0 radical (unpaired) electrons. The second-order valence-electron chi connectivity index (χ2n) is 7.26. The largest absolute Gasteiger partial charge is 0.463 e. The third kappa shape index (κ3) is 4.07. The number of benzene rings is 1. The quantitative estimate of drug-likeness (QED) is 0.856. The van der Waals surface area contributed by atoms with Gasteiger partial charge in [0.05, 0.1) is 0 Å². The van der Waals surface area contributed by atoms with E-state index in [-0.39, 0.29) is 0 Å². The van der Waals surface area contributed by atoms with E-state index >= 15 is 0 Å². The van der Waals surface area contributed by atoms with Crippen molar-refractivity contribution in [2.75, 3.05) is 13.1 Å². The first kappa shape index (κ1) is 17.2. The Kier molecular flexibility index (Phi) is 5.09. The van der Waals surface area contributed by atoms with Crippen LogP contribution in [0.3, 0.4) is 0 Å². The molecule has 1 aliphatic rings. The lowest BCUT2D eigenvalue weighted by Gasteiger charge is -2.24. The maximum Gasteiger partial charge on any atom is 0.136 e. The van der Waals surface area contributed by atoms with Gasteiger partial charge in [-0.2, -0.15) is 0 Å². The van der Waals surface area contributed by atoms with Crippen LogP contribution in [0.1, 0.15) is 37.4 Å². The molecule has 130 valence electrons. The zero-order valence-corrected chi connectivity index (χ0v) is 14.8. The number of furan rings is 1. The molecule has 4 nitrogen and oxygen atoms in total. The zero-order chi connectivity index (χ0) is 17.2. The number of hydrogen-bond acceptors (Lipinski definition) is 4. The number of nitrogens with zero attached hydrogens (tertiary/aromatic N) is 1. The third-order valence-corrected chi connectivity index (χ3v) is 4.94. The monoisotopic (exact) mass is 328 g/mol. The Morgan fingerprint density at radius 2 is 2.00 bits per heavy atom. The van der Waals surface area contributed by atoms with Crippen LogP contribution in [0.2, 0.25) is 0 Å². The Hall–Kier alpha value is -1.62. The summed E-state index contributed by atoms with van der Waals surface area (Å²) in [5.74, 6) is 1.45. The fraction of sp³-hybridized carbons (Fsp3) is 0.500. The first-order valence-corrected chi connectivity index (χ1v) is 8.75. The molecule has 1 fully saturated rings. The van der Waals surface area contributed by atoms with Gasteiger partial charge in [0.25, 0.3) is 0 Å². The van der Waals surface area contributed by atoms with Crippen LogP contribution < -0.4 is 5.32 Å². The molecule has 24 heavy (non-hydrogen) atoms. The van der Waals surface area contributed by atoms with E-state index in [2.05, 4.69) is 47.5 Å². The number of hydrogen-bond donors (Lipinski definition) is 2. The summed E-state index contributed by atoms with van der Waals surface area (Å²) in [6, 6.07) is 15.3.